The molecule has 0 saturated heterocycles. The van der Waals surface area contributed by atoms with E-state index in [4.69, 9.17) is 43.0 Å². The maximum absolute atomic E-state index is 9.73. The van der Waals surface area contributed by atoms with Crippen LogP contribution < -0.4 is 5.32 Å². The van der Waals surface area contributed by atoms with Crippen LogP contribution in [0, 0.1) is 6.92 Å². The van der Waals surface area contributed by atoms with E-state index in [0.717, 1.165) is 11.3 Å². The molecule has 0 fully saturated rings. The Morgan fingerprint density at radius 2 is 1.83 bits per heavy atom. The fourth-order valence-corrected chi connectivity index (χ4v) is 2.36. The maximum atomic E-state index is 9.73. The molecule has 10 heteroatoms. The molecule has 0 unspecified atom stereocenters. The Labute approximate surface area is 144 Å². The Morgan fingerprint density at radius 3 is 2.30 bits per heavy atom. The van der Waals surface area contributed by atoms with Crippen LogP contribution in [0.15, 0.2) is 24.5 Å². The molecular formula is C13H12B4ClN3O2. The number of aliphatic hydroxyl groups is 2. The SMILES string of the molecule is [B]C([B])(O)C(Nc1cc(-c2c[nH]c(C)c2)c(Cl)cn1)C([B])([B])O. The summed E-state index contributed by atoms with van der Waals surface area (Å²) < 4.78 is 0. The van der Waals surface area contributed by atoms with Crippen LogP contribution in [-0.2, 0) is 0 Å². The second-order valence-corrected chi connectivity index (χ2v) is 5.88. The van der Waals surface area contributed by atoms with Crippen molar-refractivity contribution in [3.05, 3.63) is 35.2 Å². The van der Waals surface area contributed by atoms with Gasteiger partial charge in [-0.15, -0.1) is 0 Å². The minimum absolute atomic E-state index is 0.219. The summed E-state index contributed by atoms with van der Waals surface area (Å²) in [7, 11) is 21.6. The Morgan fingerprint density at radius 1 is 1.22 bits per heavy atom. The highest BCUT2D eigenvalue weighted by molar-refractivity contribution is 6.44. The van der Waals surface area contributed by atoms with E-state index >= 15 is 0 Å². The zero-order chi connectivity index (χ0) is 17.4. The van der Waals surface area contributed by atoms with Gasteiger partial charge in [-0.2, -0.15) is 0 Å². The number of rotatable bonds is 5. The van der Waals surface area contributed by atoms with Gasteiger partial charge in [-0.05, 0) is 19.1 Å². The molecule has 5 nitrogen and oxygen atoms in total. The number of H-pyrrole nitrogens is 1. The summed E-state index contributed by atoms with van der Waals surface area (Å²) in [4.78, 5) is 7.08. The van der Waals surface area contributed by atoms with E-state index in [9.17, 15) is 10.2 Å². The third-order valence-electron chi connectivity index (χ3n) is 3.21. The number of aromatic nitrogens is 2. The number of nitrogens with zero attached hydrogens (tertiary/aromatic N) is 1. The third-order valence-corrected chi connectivity index (χ3v) is 3.51. The van der Waals surface area contributed by atoms with Gasteiger partial charge in [0.2, 0.25) is 0 Å². The van der Waals surface area contributed by atoms with Gasteiger partial charge in [0.25, 0.3) is 0 Å². The molecule has 0 atom stereocenters. The summed E-state index contributed by atoms with van der Waals surface area (Å²) in [6.45, 7) is 1.90. The summed E-state index contributed by atoms with van der Waals surface area (Å²) in [6.07, 6.45) is 3.18. The quantitative estimate of drug-likeness (QED) is 0.574. The second-order valence-electron chi connectivity index (χ2n) is 5.47. The lowest BCUT2D eigenvalue weighted by molar-refractivity contribution is 0.103. The van der Waals surface area contributed by atoms with E-state index in [-0.39, 0.29) is 5.82 Å². The van der Waals surface area contributed by atoms with E-state index in [1.807, 2.05) is 13.0 Å². The summed E-state index contributed by atoms with van der Waals surface area (Å²) in [5.41, 5.74) is 2.46. The summed E-state index contributed by atoms with van der Waals surface area (Å²) in [5, 5.41) is 17.7. The molecule has 0 spiro atoms. The van der Waals surface area contributed by atoms with Crippen LogP contribution in [0.5, 0.6) is 0 Å². The summed E-state index contributed by atoms with van der Waals surface area (Å²) in [6, 6.07) is 1.99. The zero-order valence-corrected chi connectivity index (χ0v) is 13.2. The van der Waals surface area contributed by atoms with E-state index in [1.165, 1.54) is 6.20 Å². The van der Waals surface area contributed by atoms with Crippen molar-refractivity contribution in [3.8, 4) is 11.1 Å². The number of nitrogens with one attached hydrogen (secondary N) is 2. The van der Waals surface area contributed by atoms with Crippen LogP contribution >= 0.6 is 11.6 Å². The Kier molecular flexibility index (Phi) is 4.95. The first-order valence-electron chi connectivity index (χ1n) is 6.66. The summed E-state index contributed by atoms with van der Waals surface area (Å²) >= 11 is 6.15. The van der Waals surface area contributed by atoms with Crippen molar-refractivity contribution in [2.45, 2.75) is 23.8 Å². The Bertz CT molecular complexity index is 683. The molecule has 0 aliphatic rings. The Balaban J connectivity index is 2.37. The molecule has 8 radical (unpaired) electrons. The molecule has 2 aromatic heterocycles. The standard InChI is InChI=1S/C13H12B4ClN3O2/c1-6-2-7(4-19-6)8-3-10(20-5-9(8)18)21-11(12(14,15)22)13(16,17)23/h2-5,11,19,22-23H,1H3,(H,20,21). The van der Waals surface area contributed by atoms with Gasteiger partial charge >= 0.3 is 0 Å². The number of halogens is 1. The van der Waals surface area contributed by atoms with Crippen LogP contribution in [0.3, 0.4) is 0 Å². The van der Waals surface area contributed by atoms with Gasteiger partial charge in [0.05, 0.1) is 11.1 Å². The zero-order valence-electron chi connectivity index (χ0n) is 12.4. The van der Waals surface area contributed by atoms with Crippen LogP contribution in [0.4, 0.5) is 5.82 Å². The monoisotopic (exact) mass is 321 g/mol. The lowest BCUT2D eigenvalue weighted by Gasteiger charge is -2.41. The van der Waals surface area contributed by atoms with E-state index in [1.54, 1.807) is 12.3 Å². The van der Waals surface area contributed by atoms with E-state index in [2.05, 4.69) is 15.3 Å². The second kappa shape index (κ2) is 6.30. The van der Waals surface area contributed by atoms with Crippen LogP contribution in [-0.4, -0.2) is 68.4 Å². The van der Waals surface area contributed by atoms with Crippen LogP contribution in [0.1, 0.15) is 5.69 Å². The number of anilines is 1. The normalized spacial score (nSPS) is 12.6. The van der Waals surface area contributed by atoms with Crippen molar-refractivity contribution >= 4 is 48.8 Å². The molecule has 2 rings (SSSR count). The average Bonchev–Trinajstić information content (AvgIpc) is 2.81. The van der Waals surface area contributed by atoms with Crippen LogP contribution in [0.25, 0.3) is 11.1 Å². The number of aryl methyl sites for hydroxylation is 1. The van der Waals surface area contributed by atoms with Crippen molar-refractivity contribution in [3.63, 3.8) is 0 Å². The molecule has 0 amide bonds. The molecule has 2 heterocycles. The molecule has 0 bridgehead atoms. The van der Waals surface area contributed by atoms with Gasteiger partial charge in [-0.3, -0.25) is 0 Å². The highest BCUT2D eigenvalue weighted by Gasteiger charge is 2.36. The number of hydrogen-bond acceptors (Lipinski definition) is 4. The minimum atomic E-state index is -2.38. The van der Waals surface area contributed by atoms with Crippen molar-refractivity contribution in [2.24, 2.45) is 0 Å². The molecule has 110 valence electrons. The molecule has 4 N–H and O–H groups in total. The molecule has 2 aromatic rings. The largest absolute Gasteiger partial charge is 0.407 e. The molecule has 0 aromatic carbocycles. The van der Waals surface area contributed by atoms with Gasteiger partial charge in [0.15, 0.2) is 0 Å². The maximum Gasteiger partial charge on any atom is 0.126 e. The van der Waals surface area contributed by atoms with Crippen LogP contribution in [0.2, 0.25) is 5.02 Å². The Hall–Kier alpha value is -1.30. The molecule has 0 aliphatic carbocycles. The lowest BCUT2D eigenvalue weighted by atomic mass is 9.48. The topological polar surface area (TPSA) is 81.2 Å². The van der Waals surface area contributed by atoms with Crippen molar-refractivity contribution in [2.75, 3.05) is 5.32 Å². The fraction of sp³-hybridized carbons (Fsp3) is 0.308. The van der Waals surface area contributed by atoms with Crippen molar-refractivity contribution < 1.29 is 10.2 Å². The van der Waals surface area contributed by atoms with E-state index < -0.39 is 16.8 Å². The van der Waals surface area contributed by atoms with Crippen molar-refractivity contribution in [1.29, 1.82) is 0 Å². The van der Waals surface area contributed by atoms with E-state index in [0.29, 0.717) is 10.6 Å². The number of pyridine rings is 1. The predicted octanol–water partition coefficient (Wildman–Crippen LogP) is -0.215. The van der Waals surface area contributed by atoms with Gasteiger partial charge in [-0.1, -0.05) is 11.6 Å². The molecular weight excluding hydrogens is 309 g/mol. The third kappa shape index (κ3) is 4.37. The molecule has 0 saturated carbocycles. The van der Waals surface area contributed by atoms with Gasteiger partial charge in [0.1, 0.15) is 37.2 Å². The predicted molar refractivity (Wildman–Crippen MR) is 94.1 cm³/mol. The number of aromatic amines is 1. The first kappa shape index (κ1) is 18.0. The first-order valence-corrected chi connectivity index (χ1v) is 7.04. The fourth-order valence-electron chi connectivity index (χ4n) is 2.15. The average molecular weight is 321 g/mol. The number of hydrogen-bond donors (Lipinski definition) is 4. The summed E-state index contributed by atoms with van der Waals surface area (Å²) in [5.74, 6) is 0.219. The highest BCUT2D eigenvalue weighted by atomic mass is 35.5. The lowest BCUT2D eigenvalue weighted by Crippen LogP contribution is -2.62. The molecule has 23 heavy (non-hydrogen) atoms. The van der Waals surface area contributed by atoms with Gasteiger partial charge < -0.3 is 20.5 Å². The smallest absolute Gasteiger partial charge is 0.126 e. The van der Waals surface area contributed by atoms with Gasteiger partial charge in [0, 0.05) is 40.0 Å². The van der Waals surface area contributed by atoms with Gasteiger partial charge in [-0.25, -0.2) is 4.98 Å². The van der Waals surface area contributed by atoms with Crippen molar-refractivity contribution in [1.82, 2.24) is 9.97 Å². The first-order chi connectivity index (χ1) is 10.5. The highest BCUT2D eigenvalue weighted by Crippen LogP contribution is 2.30. The minimum Gasteiger partial charge on any atom is -0.407 e. The molecule has 0 aliphatic heterocycles.